The third-order valence-corrected chi connectivity index (χ3v) is 3.44. The van der Waals surface area contributed by atoms with Gasteiger partial charge in [-0.05, 0) is 10.8 Å². The summed E-state index contributed by atoms with van der Waals surface area (Å²) in [5.41, 5.74) is 0. The van der Waals surface area contributed by atoms with Crippen molar-refractivity contribution in [3.63, 3.8) is 0 Å². The minimum Gasteiger partial charge on any atom is -0.372 e. The van der Waals surface area contributed by atoms with Crippen molar-refractivity contribution < 1.29 is 4.79 Å². The standard InChI is InChI=1S/C7H8N2OS2/c10-5(6-8-1-3-11-6)7-9-2-4-12-7/h1-4,6-9H. The quantitative estimate of drug-likeness (QED) is 0.691. The van der Waals surface area contributed by atoms with Gasteiger partial charge in [0.25, 0.3) is 0 Å². The molecule has 0 saturated heterocycles. The van der Waals surface area contributed by atoms with Gasteiger partial charge in [0.2, 0.25) is 0 Å². The van der Waals surface area contributed by atoms with Crippen molar-refractivity contribution in [3.8, 4) is 0 Å². The van der Waals surface area contributed by atoms with Crippen LogP contribution < -0.4 is 10.6 Å². The Hall–Kier alpha value is -0.550. The van der Waals surface area contributed by atoms with E-state index in [9.17, 15) is 4.79 Å². The average Bonchev–Trinajstić information content (AvgIpc) is 2.77. The molecule has 12 heavy (non-hydrogen) atoms. The molecular formula is C7H8N2OS2. The van der Waals surface area contributed by atoms with Gasteiger partial charge in [0.05, 0.1) is 0 Å². The molecule has 2 N–H and O–H groups in total. The lowest BCUT2D eigenvalue weighted by Gasteiger charge is -2.13. The number of carbonyl (C=O) groups excluding carboxylic acids is 1. The fourth-order valence-corrected chi connectivity index (χ4v) is 2.57. The van der Waals surface area contributed by atoms with Crippen LogP contribution in [0.5, 0.6) is 0 Å². The van der Waals surface area contributed by atoms with Crippen molar-refractivity contribution in [1.29, 1.82) is 0 Å². The second-order valence-electron chi connectivity index (χ2n) is 2.37. The molecule has 0 saturated carbocycles. The lowest BCUT2D eigenvalue weighted by atomic mass is 10.4. The first-order valence-electron chi connectivity index (χ1n) is 3.55. The van der Waals surface area contributed by atoms with Crippen molar-refractivity contribution in [2.75, 3.05) is 0 Å². The Morgan fingerprint density at radius 1 is 1.08 bits per heavy atom. The van der Waals surface area contributed by atoms with Crippen LogP contribution in [0.25, 0.3) is 0 Å². The molecule has 0 aromatic rings. The number of rotatable bonds is 2. The van der Waals surface area contributed by atoms with Crippen LogP contribution in [-0.2, 0) is 4.79 Å². The predicted molar refractivity (Wildman–Crippen MR) is 52.3 cm³/mol. The molecule has 3 nitrogen and oxygen atoms in total. The van der Waals surface area contributed by atoms with Crippen LogP contribution in [-0.4, -0.2) is 16.5 Å². The van der Waals surface area contributed by atoms with Gasteiger partial charge >= 0.3 is 0 Å². The number of thioether (sulfide) groups is 2. The molecule has 0 aliphatic carbocycles. The summed E-state index contributed by atoms with van der Waals surface area (Å²) < 4.78 is 0. The molecule has 0 aromatic heterocycles. The monoisotopic (exact) mass is 200 g/mol. The SMILES string of the molecule is O=C(C1NC=CS1)C1NC=CS1. The van der Waals surface area contributed by atoms with Crippen LogP contribution in [0.1, 0.15) is 0 Å². The van der Waals surface area contributed by atoms with Crippen LogP contribution in [0.2, 0.25) is 0 Å². The molecular weight excluding hydrogens is 192 g/mol. The van der Waals surface area contributed by atoms with Crippen LogP contribution in [0.15, 0.2) is 23.2 Å². The number of ketones is 1. The number of carbonyl (C=O) groups is 1. The second-order valence-corrected chi connectivity index (χ2v) is 4.40. The van der Waals surface area contributed by atoms with E-state index >= 15 is 0 Å². The van der Waals surface area contributed by atoms with Crippen molar-refractivity contribution in [2.24, 2.45) is 0 Å². The van der Waals surface area contributed by atoms with Crippen LogP contribution in [0, 0.1) is 0 Å². The minimum absolute atomic E-state index is 0.102. The highest BCUT2D eigenvalue weighted by atomic mass is 32.2. The topological polar surface area (TPSA) is 41.1 Å². The van der Waals surface area contributed by atoms with E-state index in [0.29, 0.717) is 0 Å². The maximum atomic E-state index is 11.6. The zero-order valence-corrected chi connectivity index (χ0v) is 7.82. The second kappa shape index (κ2) is 3.45. The summed E-state index contributed by atoms with van der Waals surface area (Å²) in [6.07, 6.45) is 3.61. The van der Waals surface area contributed by atoms with E-state index in [4.69, 9.17) is 0 Å². The molecule has 64 valence electrons. The van der Waals surface area contributed by atoms with Gasteiger partial charge in [-0.15, -0.1) is 0 Å². The van der Waals surface area contributed by atoms with Crippen molar-refractivity contribution in [3.05, 3.63) is 23.2 Å². The van der Waals surface area contributed by atoms with Gasteiger partial charge in [-0.3, -0.25) is 4.79 Å². The van der Waals surface area contributed by atoms with Crippen LogP contribution >= 0.6 is 23.5 Å². The molecule has 2 aliphatic heterocycles. The fraction of sp³-hybridized carbons (Fsp3) is 0.286. The highest BCUT2D eigenvalue weighted by molar-refractivity contribution is 8.05. The highest BCUT2D eigenvalue weighted by Crippen LogP contribution is 2.23. The third kappa shape index (κ3) is 1.47. The first-order valence-corrected chi connectivity index (χ1v) is 5.43. The first kappa shape index (κ1) is 8.07. The van der Waals surface area contributed by atoms with Crippen molar-refractivity contribution in [1.82, 2.24) is 10.6 Å². The molecule has 0 radical (unpaired) electrons. The summed E-state index contributed by atoms with van der Waals surface area (Å²) in [5.74, 6) is 0.194. The van der Waals surface area contributed by atoms with E-state index in [-0.39, 0.29) is 16.5 Å². The van der Waals surface area contributed by atoms with Gasteiger partial charge in [-0.2, -0.15) is 0 Å². The lowest BCUT2D eigenvalue weighted by Crippen LogP contribution is -2.38. The molecule has 2 aliphatic rings. The van der Waals surface area contributed by atoms with Gasteiger partial charge < -0.3 is 10.6 Å². The summed E-state index contributed by atoms with van der Waals surface area (Å²) in [6, 6.07) is 0. The molecule has 2 unspecified atom stereocenters. The summed E-state index contributed by atoms with van der Waals surface area (Å²) in [4.78, 5) is 11.6. The van der Waals surface area contributed by atoms with Crippen LogP contribution in [0.4, 0.5) is 0 Å². The zero-order chi connectivity index (χ0) is 8.39. The Bertz CT molecular complexity index is 212. The van der Waals surface area contributed by atoms with Crippen molar-refractivity contribution in [2.45, 2.75) is 10.7 Å². The Labute approximate surface area is 79.0 Å². The van der Waals surface area contributed by atoms with Gasteiger partial charge in [0.15, 0.2) is 5.78 Å². The highest BCUT2D eigenvalue weighted by Gasteiger charge is 2.28. The molecule has 2 atom stereocenters. The van der Waals surface area contributed by atoms with E-state index in [1.54, 1.807) is 12.4 Å². The maximum absolute atomic E-state index is 11.6. The summed E-state index contributed by atoms with van der Waals surface area (Å²) in [7, 11) is 0. The fourth-order valence-electron chi connectivity index (χ4n) is 1.00. The molecule has 0 bridgehead atoms. The molecule has 5 heteroatoms. The van der Waals surface area contributed by atoms with E-state index in [1.807, 2.05) is 10.8 Å². The molecule has 2 rings (SSSR count). The van der Waals surface area contributed by atoms with E-state index in [0.717, 1.165) is 0 Å². The first-order chi connectivity index (χ1) is 5.88. The summed E-state index contributed by atoms with van der Waals surface area (Å²) in [6.45, 7) is 0. The van der Waals surface area contributed by atoms with Crippen LogP contribution in [0.3, 0.4) is 0 Å². The lowest BCUT2D eigenvalue weighted by molar-refractivity contribution is -0.118. The Kier molecular flexibility index (Phi) is 2.32. The van der Waals surface area contributed by atoms with E-state index < -0.39 is 0 Å². The number of Topliss-reactive ketones (excluding diaryl/α,β-unsaturated/α-hetero) is 1. The normalized spacial score (nSPS) is 31.7. The largest absolute Gasteiger partial charge is 0.372 e. The molecule has 0 amide bonds. The van der Waals surface area contributed by atoms with Crippen molar-refractivity contribution >= 4 is 29.3 Å². The van der Waals surface area contributed by atoms with Gasteiger partial charge in [-0.25, -0.2) is 0 Å². The number of nitrogens with one attached hydrogen (secondary N) is 2. The summed E-state index contributed by atoms with van der Waals surface area (Å²) >= 11 is 3.03. The van der Waals surface area contributed by atoms with E-state index in [2.05, 4.69) is 10.6 Å². The summed E-state index contributed by atoms with van der Waals surface area (Å²) in [5, 5.41) is 9.56. The number of hydrogen-bond acceptors (Lipinski definition) is 5. The molecule has 0 fully saturated rings. The van der Waals surface area contributed by atoms with Gasteiger partial charge in [0, 0.05) is 12.4 Å². The van der Waals surface area contributed by atoms with E-state index in [1.165, 1.54) is 23.5 Å². The Morgan fingerprint density at radius 3 is 1.92 bits per heavy atom. The maximum Gasteiger partial charge on any atom is 0.198 e. The third-order valence-electron chi connectivity index (χ3n) is 1.58. The van der Waals surface area contributed by atoms with Gasteiger partial charge in [0.1, 0.15) is 10.7 Å². The Balaban J connectivity index is 1.91. The average molecular weight is 200 g/mol. The zero-order valence-electron chi connectivity index (χ0n) is 6.19. The Morgan fingerprint density at radius 2 is 1.58 bits per heavy atom. The molecule has 0 aromatic carbocycles. The van der Waals surface area contributed by atoms with Gasteiger partial charge in [-0.1, -0.05) is 23.5 Å². The molecule has 2 heterocycles. The molecule has 0 spiro atoms. The predicted octanol–water partition coefficient (Wildman–Crippen LogP) is 0.823. The smallest absolute Gasteiger partial charge is 0.198 e. The minimum atomic E-state index is -0.102. The number of hydrogen-bond donors (Lipinski definition) is 2.